The SMILES string of the molecule is C[Si](C)(C)CCOCOc1cccnc1N1Cc2nn(-c3ccc(N4CC[C@@H](F)C4)nc3)cc2C1=O. The first-order chi connectivity index (χ1) is 17.3. The van der Waals surface area contributed by atoms with Crippen LogP contribution >= 0.6 is 0 Å². The van der Waals surface area contributed by atoms with Crippen molar-refractivity contribution < 1.29 is 18.7 Å². The number of hydrogen-bond donors (Lipinski definition) is 0. The number of fused-ring (bicyclic) bond motifs is 1. The summed E-state index contributed by atoms with van der Waals surface area (Å²) >= 11 is 0. The van der Waals surface area contributed by atoms with Gasteiger partial charge in [0.05, 0.1) is 36.2 Å². The molecular weight excluding hydrogens is 479 g/mol. The molecule has 0 saturated carbocycles. The van der Waals surface area contributed by atoms with Crippen molar-refractivity contribution in [2.75, 3.05) is 36.3 Å². The summed E-state index contributed by atoms with van der Waals surface area (Å²) in [5, 5.41) is 4.62. The maximum absolute atomic E-state index is 13.5. The van der Waals surface area contributed by atoms with Crippen molar-refractivity contribution in [1.82, 2.24) is 19.7 Å². The molecule has 1 atom stereocenters. The zero-order chi connectivity index (χ0) is 25.3. The summed E-state index contributed by atoms with van der Waals surface area (Å²) < 4.78 is 26.6. The van der Waals surface area contributed by atoms with E-state index in [-0.39, 0.29) is 12.7 Å². The molecule has 0 radical (unpaired) electrons. The molecule has 11 heteroatoms. The molecule has 5 heterocycles. The van der Waals surface area contributed by atoms with Crippen LogP contribution in [0.15, 0.2) is 42.9 Å². The first-order valence-electron chi connectivity index (χ1n) is 12.2. The molecule has 0 unspecified atom stereocenters. The Balaban J connectivity index is 1.24. The zero-order valence-electron chi connectivity index (χ0n) is 20.9. The van der Waals surface area contributed by atoms with Gasteiger partial charge in [0.1, 0.15) is 12.0 Å². The van der Waals surface area contributed by atoms with Gasteiger partial charge in [-0.2, -0.15) is 5.10 Å². The fourth-order valence-corrected chi connectivity index (χ4v) is 5.00. The topological polar surface area (TPSA) is 85.6 Å². The van der Waals surface area contributed by atoms with E-state index in [1.807, 2.05) is 17.0 Å². The van der Waals surface area contributed by atoms with E-state index in [0.29, 0.717) is 55.5 Å². The molecule has 1 fully saturated rings. The van der Waals surface area contributed by atoms with Crippen LogP contribution in [0.25, 0.3) is 5.69 Å². The van der Waals surface area contributed by atoms with Gasteiger partial charge in [0.25, 0.3) is 5.91 Å². The number of ether oxygens (including phenoxy) is 2. The number of carbonyl (C=O) groups excluding carboxylic acids is 1. The molecule has 1 amide bonds. The maximum Gasteiger partial charge on any atom is 0.263 e. The van der Waals surface area contributed by atoms with E-state index in [1.165, 1.54) is 0 Å². The molecule has 0 aliphatic carbocycles. The fourth-order valence-electron chi connectivity index (χ4n) is 4.24. The van der Waals surface area contributed by atoms with Crippen molar-refractivity contribution in [3.05, 3.63) is 54.1 Å². The lowest BCUT2D eigenvalue weighted by atomic mass is 10.3. The highest BCUT2D eigenvalue weighted by atomic mass is 28.3. The Morgan fingerprint density at radius 1 is 1.19 bits per heavy atom. The first-order valence-corrected chi connectivity index (χ1v) is 15.9. The number of nitrogens with zero attached hydrogens (tertiary/aromatic N) is 6. The van der Waals surface area contributed by atoms with Crippen molar-refractivity contribution in [2.45, 2.75) is 44.8 Å². The summed E-state index contributed by atoms with van der Waals surface area (Å²) in [6.07, 6.45) is 4.77. The van der Waals surface area contributed by atoms with Gasteiger partial charge in [-0.05, 0) is 36.7 Å². The second-order valence-electron chi connectivity index (χ2n) is 10.3. The van der Waals surface area contributed by atoms with E-state index in [2.05, 4.69) is 34.7 Å². The average molecular weight is 511 g/mol. The van der Waals surface area contributed by atoms with Crippen LogP contribution in [0.4, 0.5) is 16.0 Å². The number of anilines is 2. The van der Waals surface area contributed by atoms with E-state index in [0.717, 1.165) is 17.5 Å². The molecule has 0 aromatic carbocycles. The highest BCUT2D eigenvalue weighted by Crippen LogP contribution is 2.33. The number of alkyl halides is 1. The largest absolute Gasteiger partial charge is 0.464 e. The fraction of sp³-hybridized carbons (Fsp3) is 0.440. The molecule has 36 heavy (non-hydrogen) atoms. The smallest absolute Gasteiger partial charge is 0.263 e. The number of hydrogen-bond acceptors (Lipinski definition) is 7. The van der Waals surface area contributed by atoms with Crippen molar-refractivity contribution >= 4 is 25.6 Å². The van der Waals surface area contributed by atoms with E-state index in [9.17, 15) is 9.18 Å². The van der Waals surface area contributed by atoms with Gasteiger partial charge in [-0.1, -0.05) is 19.6 Å². The minimum absolute atomic E-state index is 0.106. The number of rotatable bonds is 9. The molecule has 3 aromatic heterocycles. The van der Waals surface area contributed by atoms with Gasteiger partial charge >= 0.3 is 0 Å². The molecule has 2 aliphatic heterocycles. The number of aromatic nitrogens is 4. The maximum atomic E-state index is 13.5. The molecule has 2 aliphatic rings. The van der Waals surface area contributed by atoms with Crippen LogP contribution < -0.4 is 14.5 Å². The van der Waals surface area contributed by atoms with Crippen LogP contribution in [0.1, 0.15) is 22.5 Å². The third kappa shape index (κ3) is 5.26. The van der Waals surface area contributed by atoms with Crippen molar-refractivity contribution in [2.24, 2.45) is 0 Å². The van der Waals surface area contributed by atoms with Crippen molar-refractivity contribution in [1.29, 1.82) is 0 Å². The van der Waals surface area contributed by atoms with Crippen LogP contribution in [-0.4, -0.2) is 66.4 Å². The third-order valence-corrected chi connectivity index (χ3v) is 8.03. The second-order valence-corrected chi connectivity index (χ2v) is 16.0. The Kier molecular flexibility index (Phi) is 6.76. The Hall–Kier alpha value is -3.31. The van der Waals surface area contributed by atoms with Gasteiger partial charge in [0, 0.05) is 33.6 Å². The lowest BCUT2D eigenvalue weighted by Crippen LogP contribution is -2.26. The highest BCUT2D eigenvalue weighted by Gasteiger charge is 2.34. The molecule has 5 rings (SSSR count). The first kappa shape index (κ1) is 24.4. The summed E-state index contributed by atoms with van der Waals surface area (Å²) in [6, 6.07) is 8.35. The van der Waals surface area contributed by atoms with Gasteiger partial charge in [0.15, 0.2) is 18.4 Å². The van der Waals surface area contributed by atoms with Crippen LogP contribution in [0.2, 0.25) is 25.7 Å². The molecule has 190 valence electrons. The summed E-state index contributed by atoms with van der Waals surface area (Å²) in [4.78, 5) is 25.6. The second kappa shape index (κ2) is 9.98. The molecule has 0 bridgehead atoms. The quantitative estimate of drug-likeness (QED) is 0.244. The number of halogens is 1. The molecular formula is C25H31FN6O3Si. The van der Waals surface area contributed by atoms with Crippen LogP contribution in [0.5, 0.6) is 5.75 Å². The van der Waals surface area contributed by atoms with Crippen molar-refractivity contribution in [3.8, 4) is 11.4 Å². The molecule has 1 saturated heterocycles. The van der Waals surface area contributed by atoms with Gasteiger partial charge in [0.2, 0.25) is 0 Å². The summed E-state index contributed by atoms with van der Waals surface area (Å²) in [6.45, 7) is 8.98. The Labute approximate surface area is 210 Å². The van der Waals surface area contributed by atoms with E-state index < -0.39 is 14.2 Å². The minimum atomic E-state index is -1.17. The molecule has 0 spiro atoms. The molecule has 0 N–H and O–H groups in total. The highest BCUT2D eigenvalue weighted by molar-refractivity contribution is 6.76. The van der Waals surface area contributed by atoms with Gasteiger partial charge < -0.3 is 14.4 Å². The number of amides is 1. The third-order valence-electron chi connectivity index (χ3n) is 6.33. The summed E-state index contributed by atoms with van der Waals surface area (Å²) in [7, 11) is -1.17. The standard InChI is InChI=1S/C25H31FN6O3Si/c1-36(2,3)12-11-34-17-35-22-5-4-9-27-24(22)31-16-21-20(25(31)33)15-32(29-21)19-6-7-23(28-13-19)30-10-8-18(26)14-30/h4-7,9,13,15,18H,8,10-12,14,16-17H2,1-3H3/t18-/m1/s1. The average Bonchev–Trinajstić information content (AvgIpc) is 3.55. The Morgan fingerprint density at radius 2 is 2.06 bits per heavy atom. The molecule has 9 nitrogen and oxygen atoms in total. The monoisotopic (exact) mass is 510 g/mol. The Bertz CT molecular complexity index is 1230. The van der Waals surface area contributed by atoms with Gasteiger partial charge in [-0.15, -0.1) is 0 Å². The predicted octanol–water partition coefficient (Wildman–Crippen LogP) is 4.06. The predicted molar refractivity (Wildman–Crippen MR) is 137 cm³/mol. The van der Waals surface area contributed by atoms with E-state index in [4.69, 9.17) is 9.47 Å². The normalized spacial score (nSPS) is 17.7. The molecule has 3 aromatic rings. The zero-order valence-corrected chi connectivity index (χ0v) is 21.9. The van der Waals surface area contributed by atoms with Crippen LogP contribution in [-0.2, 0) is 11.3 Å². The lowest BCUT2D eigenvalue weighted by molar-refractivity contribution is 0.0221. The summed E-state index contributed by atoms with van der Waals surface area (Å²) in [5.41, 5.74) is 1.91. The van der Waals surface area contributed by atoms with Gasteiger partial charge in [-0.3, -0.25) is 9.69 Å². The van der Waals surface area contributed by atoms with Gasteiger partial charge in [-0.25, -0.2) is 19.0 Å². The number of carbonyl (C=O) groups is 1. The van der Waals surface area contributed by atoms with Crippen molar-refractivity contribution in [3.63, 3.8) is 0 Å². The number of pyridine rings is 2. The van der Waals surface area contributed by atoms with E-state index in [1.54, 1.807) is 40.3 Å². The van der Waals surface area contributed by atoms with E-state index >= 15 is 0 Å². The minimum Gasteiger partial charge on any atom is -0.464 e. The summed E-state index contributed by atoms with van der Waals surface area (Å²) in [5.74, 6) is 1.50. The van der Waals surface area contributed by atoms with Crippen LogP contribution in [0, 0.1) is 0 Å². The van der Waals surface area contributed by atoms with Crippen LogP contribution in [0.3, 0.4) is 0 Å². The Morgan fingerprint density at radius 3 is 2.75 bits per heavy atom. The lowest BCUT2D eigenvalue weighted by Gasteiger charge is -2.19.